The minimum atomic E-state index is -0.692. The number of nitrogens with zero attached hydrogens (tertiary/aromatic N) is 4. The van der Waals surface area contributed by atoms with E-state index in [1.165, 1.54) is 17.5 Å². The maximum absolute atomic E-state index is 13.0. The predicted molar refractivity (Wildman–Crippen MR) is 137 cm³/mol. The van der Waals surface area contributed by atoms with Gasteiger partial charge in [-0.3, -0.25) is 14.5 Å². The van der Waals surface area contributed by atoms with Gasteiger partial charge in [-0.1, -0.05) is 29.3 Å². The summed E-state index contributed by atoms with van der Waals surface area (Å²) >= 11 is 12.6. The summed E-state index contributed by atoms with van der Waals surface area (Å²) in [5.41, 5.74) is 7.77. The number of hydrogen-bond acceptors (Lipinski definition) is 5. The minimum absolute atomic E-state index is 0.0391. The van der Waals surface area contributed by atoms with E-state index >= 15 is 0 Å². The van der Waals surface area contributed by atoms with Crippen LogP contribution < -0.4 is 11.1 Å². The van der Waals surface area contributed by atoms with Crippen LogP contribution in [0.25, 0.3) is 5.69 Å². The summed E-state index contributed by atoms with van der Waals surface area (Å²) in [5.74, 6) is -0.653. The lowest BCUT2D eigenvalue weighted by atomic mass is 10.1. The highest BCUT2D eigenvalue weighted by Crippen LogP contribution is 2.30. The lowest BCUT2D eigenvalue weighted by Crippen LogP contribution is -2.37. The van der Waals surface area contributed by atoms with Crippen LogP contribution in [0.4, 0.5) is 11.4 Å². The number of nitrogens with two attached hydrogens (primary N) is 1. The molecule has 1 atom stereocenters. The number of primary amides is 1. The maximum Gasteiger partial charge on any atom is 0.271 e. The molecule has 2 aromatic carbocycles. The topological polar surface area (TPSA) is 96.5 Å². The lowest BCUT2D eigenvalue weighted by Gasteiger charge is -2.23. The summed E-state index contributed by atoms with van der Waals surface area (Å²) in [6.45, 7) is 3.84. The fourth-order valence-corrected chi connectivity index (χ4v) is 5.41. The summed E-state index contributed by atoms with van der Waals surface area (Å²) in [6, 6.07) is 12.7. The Bertz CT molecular complexity index is 1230. The van der Waals surface area contributed by atoms with Crippen LogP contribution in [0.1, 0.15) is 40.1 Å². The number of para-hydroxylation sites is 1. The summed E-state index contributed by atoms with van der Waals surface area (Å²) in [6.07, 6.45) is 5.14. The Morgan fingerprint density at radius 3 is 2.34 bits per heavy atom. The summed E-state index contributed by atoms with van der Waals surface area (Å²) in [5, 5.41) is 8.22. The molecule has 2 aliphatic heterocycles. The average molecular weight is 513 g/mol. The Kier molecular flexibility index (Phi) is 6.69. The number of carbonyl (C=O) groups excluding carboxylic acids is 2. The third kappa shape index (κ3) is 4.87. The van der Waals surface area contributed by atoms with Crippen molar-refractivity contribution in [3.8, 4) is 5.69 Å². The fraction of sp³-hybridized carbons (Fsp3) is 0.320. The fourth-order valence-electron chi connectivity index (χ4n) is 4.84. The second kappa shape index (κ2) is 9.89. The molecule has 0 saturated carbocycles. The van der Waals surface area contributed by atoms with Gasteiger partial charge >= 0.3 is 0 Å². The van der Waals surface area contributed by atoms with E-state index in [4.69, 9.17) is 28.9 Å². The van der Waals surface area contributed by atoms with Crippen LogP contribution in [0.2, 0.25) is 10.0 Å². The number of likely N-dealkylation sites (tertiary alicyclic amines) is 2. The van der Waals surface area contributed by atoms with Crippen LogP contribution in [-0.4, -0.2) is 63.6 Å². The van der Waals surface area contributed by atoms with Gasteiger partial charge in [-0.25, -0.2) is 4.68 Å². The molecular weight excluding hydrogens is 487 g/mol. The Morgan fingerprint density at radius 1 is 1.00 bits per heavy atom. The highest BCUT2D eigenvalue weighted by molar-refractivity contribution is 6.37. The molecule has 0 bridgehead atoms. The molecule has 2 amide bonds. The SMILES string of the molecule is NC(=O)c1nn(-c2c(Cl)cccc2Cl)cc1Nc1ccc(C(=O)N2CC[C@@H](N3CCCC3)C2)cc1. The van der Waals surface area contributed by atoms with E-state index in [1.807, 2.05) is 4.90 Å². The van der Waals surface area contributed by atoms with Crippen molar-refractivity contribution in [2.75, 3.05) is 31.5 Å². The number of nitrogens with one attached hydrogen (secondary N) is 1. The number of halogens is 2. The number of carbonyl (C=O) groups is 2. The third-order valence-electron chi connectivity index (χ3n) is 6.63. The Labute approximate surface area is 213 Å². The zero-order chi connectivity index (χ0) is 24.5. The number of hydrogen-bond donors (Lipinski definition) is 2. The Morgan fingerprint density at radius 2 is 1.69 bits per heavy atom. The molecule has 1 aromatic heterocycles. The van der Waals surface area contributed by atoms with E-state index in [-0.39, 0.29) is 11.6 Å². The summed E-state index contributed by atoms with van der Waals surface area (Å²) in [7, 11) is 0. The quantitative estimate of drug-likeness (QED) is 0.512. The molecule has 0 spiro atoms. The molecular formula is C25H26Cl2N6O2. The highest BCUT2D eigenvalue weighted by Gasteiger charge is 2.32. The van der Waals surface area contributed by atoms with Gasteiger partial charge in [0.2, 0.25) is 0 Å². The van der Waals surface area contributed by atoms with E-state index in [0.29, 0.717) is 38.7 Å². The van der Waals surface area contributed by atoms with Gasteiger partial charge in [0.25, 0.3) is 11.8 Å². The second-order valence-electron chi connectivity index (χ2n) is 8.91. The first-order chi connectivity index (χ1) is 16.9. The van der Waals surface area contributed by atoms with Crippen molar-refractivity contribution in [3.05, 3.63) is 70.0 Å². The molecule has 182 valence electrons. The maximum atomic E-state index is 13.0. The van der Waals surface area contributed by atoms with Gasteiger partial charge in [-0.05, 0) is 68.8 Å². The van der Waals surface area contributed by atoms with Crippen molar-refractivity contribution < 1.29 is 9.59 Å². The number of benzene rings is 2. The first kappa shape index (κ1) is 23.7. The van der Waals surface area contributed by atoms with Gasteiger partial charge < -0.3 is 16.0 Å². The van der Waals surface area contributed by atoms with Gasteiger partial charge in [0.15, 0.2) is 5.69 Å². The molecule has 35 heavy (non-hydrogen) atoms. The molecule has 0 aliphatic carbocycles. The van der Waals surface area contributed by atoms with Crippen molar-refractivity contribution in [3.63, 3.8) is 0 Å². The second-order valence-corrected chi connectivity index (χ2v) is 9.72. The molecule has 2 fully saturated rings. The van der Waals surface area contributed by atoms with Crippen molar-refractivity contribution in [1.82, 2.24) is 19.6 Å². The number of amides is 2. The average Bonchev–Trinajstić information content (AvgIpc) is 3.60. The van der Waals surface area contributed by atoms with E-state index in [1.54, 1.807) is 48.7 Å². The zero-order valence-corrected chi connectivity index (χ0v) is 20.6. The van der Waals surface area contributed by atoms with Crippen LogP contribution in [0, 0.1) is 0 Å². The van der Waals surface area contributed by atoms with Crippen LogP contribution in [0.3, 0.4) is 0 Å². The van der Waals surface area contributed by atoms with Gasteiger partial charge in [-0.15, -0.1) is 0 Å². The molecule has 10 heteroatoms. The first-order valence-corrected chi connectivity index (χ1v) is 12.4. The van der Waals surface area contributed by atoms with E-state index in [9.17, 15) is 9.59 Å². The largest absolute Gasteiger partial charge is 0.364 e. The monoisotopic (exact) mass is 512 g/mol. The van der Waals surface area contributed by atoms with Crippen LogP contribution in [-0.2, 0) is 0 Å². The van der Waals surface area contributed by atoms with Crippen LogP contribution in [0.5, 0.6) is 0 Å². The predicted octanol–water partition coefficient (Wildman–Crippen LogP) is 4.33. The molecule has 0 unspecified atom stereocenters. The summed E-state index contributed by atoms with van der Waals surface area (Å²) < 4.78 is 1.43. The van der Waals surface area contributed by atoms with Gasteiger partial charge in [0.05, 0.1) is 21.9 Å². The molecule has 3 heterocycles. The zero-order valence-electron chi connectivity index (χ0n) is 19.1. The molecule has 3 aromatic rings. The number of aromatic nitrogens is 2. The van der Waals surface area contributed by atoms with Gasteiger partial charge in [0.1, 0.15) is 5.69 Å². The van der Waals surface area contributed by atoms with E-state index in [0.717, 1.165) is 32.6 Å². The van der Waals surface area contributed by atoms with Gasteiger partial charge in [-0.2, -0.15) is 5.10 Å². The number of anilines is 2. The lowest BCUT2D eigenvalue weighted by molar-refractivity contribution is 0.0780. The van der Waals surface area contributed by atoms with Gasteiger partial charge in [0, 0.05) is 30.4 Å². The van der Waals surface area contributed by atoms with Crippen molar-refractivity contribution in [2.45, 2.75) is 25.3 Å². The number of rotatable bonds is 6. The normalized spacial score (nSPS) is 18.2. The molecule has 0 radical (unpaired) electrons. The van der Waals surface area contributed by atoms with Crippen molar-refractivity contribution in [2.24, 2.45) is 5.73 Å². The Hall–Kier alpha value is -3.07. The molecule has 8 nitrogen and oxygen atoms in total. The third-order valence-corrected chi connectivity index (χ3v) is 7.24. The molecule has 2 saturated heterocycles. The van der Waals surface area contributed by atoms with Crippen LogP contribution >= 0.6 is 23.2 Å². The molecule has 3 N–H and O–H groups in total. The smallest absolute Gasteiger partial charge is 0.271 e. The standard InChI is InChI=1S/C25H26Cl2N6O2/c26-19-4-3-5-20(27)23(19)33-15-21(22(30-33)24(28)34)29-17-8-6-16(7-9-17)25(35)32-13-10-18(14-32)31-11-1-2-12-31/h3-9,15,18,29H,1-2,10-14H2,(H2,28,34)/t18-/m1/s1. The molecule has 2 aliphatic rings. The minimum Gasteiger partial charge on any atom is -0.364 e. The van der Waals surface area contributed by atoms with Crippen molar-refractivity contribution >= 4 is 46.4 Å². The Balaban J connectivity index is 1.31. The van der Waals surface area contributed by atoms with Crippen molar-refractivity contribution in [1.29, 1.82) is 0 Å². The van der Waals surface area contributed by atoms with Crippen LogP contribution in [0.15, 0.2) is 48.7 Å². The van der Waals surface area contributed by atoms with E-state index < -0.39 is 5.91 Å². The summed E-state index contributed by atoms with van der Waals surface area (Å²) in [4.78, 5) is 29.5. The van der Waals surface area contributed by atoms with E-state index in [2.05, 4.69) is 15.3 Å². The highest BCUT2D eigenvalue weighted by atomic mass is 35.5. The molecule has 5 rings (SSSR count). The first-order valence-electron chi connectivity index (χ1n) is 11.6.